The number of carbonyl (C=O) groups is 2. The monoisotopic (exact) mass is 408 g/mol. The number of benzene rings is 1. The molecular formula is C23H28N4O3. The molecule has 1 aromatic heterocycles. The van der Waals surface area contributed by atoms with Crippen molar-refractivity contribution in [3.63, 3.8) is 0 Å². The van der Waals surface area contributed by atoms with E-state index >= 15 is 0 Å². The highest BCUT2D eigenvalue weighted by atomic mass is 16.6. The smallest absolute Gasteiger partial charge is 0.410 e. The first-order chi connectivity index (χ1) is 14.5. The van der Waals surface area contributed by atoms with E-state index in [1.54, 1.807) is 17.3 Å². The predicted octanol–water partition coefficient (Wildman–Crippen LogP) is 3.27. The Balaban J connectivity index is 1.34. The molecule has 0 N–H and O–H groups in total. The van der Waals surface area contributed by atoms with E-state index in [0.29, 0.717) is 44.6 Å². The van der Waals surface area contributed by atoms with E-state index in [-0.39, 0.29) is 17.9 Å². The average Bonchev–Trinajstić information content (AvgIpc) is 3.08. The Labute approximate surface area is 177 Å². The maximum Gasteiger partial charge on any atom is 0.410 e. The van der Waals surface area contributed by atoms with Gasteiger partial charge in [-0.3, -0.25) is 4.79 Å². The lowest BCUT2D eigenvalue weighted by Gasteiger charge is -2.37. The fourth-order valence-corrected chi connectivity index (χ4v) is 4.26. The molecule has 0 bridgehead atoms. The van der Waals surface area contributed by atoms with Gasteiger partial charge in [0.05, 0.1) is 12.1 Å². The summed E-state index contributed by atoms with van der Waals surface area (Å²) in [5.74, 6) is 0.903. The van der Waals surface area contributed by atoms with Crippen molar-refractivity contribution >= 4 is 12.0 Å². The lowest BCUT2D eigenvalue weighted by molar-refractivity contribution is 0.00311. The van der Waals surface area contributed by atoms with Crippen LogP contribution in [0.25, 0.3) is 0 Å². The molecular weight excluding hydrogens is 380 g/mol. The van der Waals surface area contributed by atoms with E-state index in [9.17, 15) is 9.59 Å². The molecule has 2 aliphatic heterocycles. The van der Waals surface area contributed by atoms with Crippen molar-refractivity contribution in [2.24, 2.45) is 0 Å². The molecule has 3 heterocycles. The number of hydrogen-bond acceptors (Lipinski definition) is 5. The number of hydrogen-bond donors (Lipinski definition) is 0. The lowest BCUT2D eigenvalue weighted by atomic mass is 9.90. The summed E-state index contributed by atoms with van der Waals surface area (Å²) >= 11 is 0. The van der Waals surface area contributed by atoms with E-state index in [1.165, 1.54) is 5.56 Å². The molecule has 4 rings (SSSR count). The van der Waals surface area contributed by atoms with Crippen molar-refractivity contribution < 1.29 is 14.3 Å². The Kier molecular flexibility index (Phi) is 5.70. The molecule has 0 aliphatic carbocycles. The second kappa shape index (κ2) is 8.42. The number of piperidine rings is 1. The molecule has 7 heteroatoms. The second-order valence-electron chi connectivity index (χ2n) is 8.28. The average molecular weight is 409 g/mol. The van der Waals surface area contributed by atoms with Crippen LogP contribution >= 0.6 is 0 Å². The lowest BCUT2D eigenvalue weighted by Crippen LogP contribution is -2.48. The minimum absolute atomic E-state index is 0.0635. The quantitative estimate of drug-likeness (QED) is 0.759. The maximum absolute atomic E-state index is 12.8. The molecule has 2 saturated heterocycles. The molecule has 1 spiro atoms. The fourth-order valence-electron chi connectivity index (χ4n) is 4.26. The fraction of sp³-hybridized carbons (Fsp3) is 0.478. The van der Waals surface area contributed by atoms with Gasteiger partial charge in [0.2, 0.25) is 0 Å². The zero-order valence-corrected chi connectivity index (χ0v) is 17.6. The summed E-state index contributed by atoms with van der Waals surface area (Å²) in [6.45, 7) is 6.44. The van der Waals surface area contributed by atoms with Crippen LogP contribution in [0.15, 0.2) is 42.7 Å². The molecule has 0 saturated carbocycles. The van der Waals surface area contributed by atoms with Crippen LogP contribution in [-0.2, 0) is 11.2 Å². The number of amides is 2. The summed E-state index contributed by atoms with van der Waals surface area (Å²) in [6.07, 6.45) is 4.98. The number of rotatable bonds is 5. The van der Waals surface area contributed by atoms with Crippen molar-refractivity contribution in [3.05, 3.63) is 59.7 Å². The van der Waals surface area contributed by atoms with Gasteiger partial charge in [0, 0.05) is 51.3 Å². The Hall–Kier alpha value is -2.96. The van der Waals surface area contributed by atoms with Gasteiger partial charge in [-0.1, -0.05) is 44.2 Å². The Morgan fingerprint density at radius 1 is 1.17 bits per heavy atom. The topological polar surface area (TPSA) is 75.6 Å². The number of aryl methyl sites for hydroxylation is 1. The number of nitrogens with zero attached hydrogens (tertiary/aromatic N) is 4. The van der Waals surface area contributed by atoms with Gasteiger partial charge >= 0.3 is 6.09 Å². The van der Waals surface area contributed by atoms with Gasteiger partial charge in [-0.15, -0.1) is 0 Å². The minimum atomic E-state index is -0.493. The van der Waals surface area contributed by atoms with Gasteiger partial charge in [0.1, 0.15) is 11.4 Å². The summed E-state index contributed by atoms with van der Waals surface area (Å²) in [5.41, 5.74) is 1.22. The number of likely N-dealkylation sites (tertiary alicyclic amines) is 1. The van der Waals surface area contributed by atoms with Crippen LogP contribution < -0.4 is 0 Å². The molecule has 158 valence electrons. The van der Waals surface area contributed by atoms with Gasteiger partial charge in [-0.25, -0.2) is 14.8 Å². The van der Waals surface area contributed by atoms with Gasteiger partial charge in [-0.2, -0.15) is 0 Å². The second-order valence-corrected chi connectivity index (χ2v) is 8.28. The highest BCUT2D eigenvalue weighted by Gasteiger charge is 2.47. The first kappa shape index (κ1) is 20.3. The van der Waals surface area contributed by atoms with Crippen molar-refractivity contribution in [2.75, 3.05) is 26.2 Å². The SMILES string of the molecule is CCc1ncc(C(=O)N2CCC3(CC2)CN(CC(C)c2ccccc2)C(=O)O3)cn1. The van der Waals surface area contributed by atoms with Crippen molar-refractivity contribution in [2.45, 2.75) is 44.6 Å². The molecule has 7 nitrogen and oxygen atoms in total. The third kappa shape index (κ3) is 4.15. The molecule has 1 atom stereocenters. The van der Waals surface area contributed by atoms with Gasteiger partial charge in [-0.05, 0) is 11.5 Å². The van der Waals surface area contributed by atoms with Crippen LogP contribution in [0.4, 0.5) is 4.79 Å². The summed E-state index contributed by atoms with van der Waals surface area (Å²) in [4.78, 5) is 37.3. The minimum Gasteiger partial charge on any atom is -0.441 e. The summed E-state index contributed by atoms with van der Waals surface area (Å²) in [5, 5.41) is 0. The molecule has 2 aromatic rings. The van der Waals surface area contributed by atoms with E-state index in [0.717, 1.165) is 12.2 Å². The van der Waals surface area contributed by atoms with Crippen LogP contribution in [0.5, 0.6) is 0 Å². The Morgan fingerprint density at radius 2 is 1.83 bits per heavy atom. The summed E-state index contributed by atoms with van der Waals surface area (Å²) < 4.78 is 5.83. The van der Waals surface area contributed by atoms with Crippen molar-refractivity contribution in [1.29, 1.82) is 0 Å². The number of ether oxygens (including phenoxy) is 1. The normalized spacial score (nSPS) is 19.1. The van der Waals surface area contributed by atoms with Crippen molar-refractivity contribution in [3.8, 4) is 0 Å². The maximum atomic E-state index is 12.8. The molecule has 1 unspecified atom stereocenters. The highest BCUT2D eigenvalue weighted by molar-refractivity contribution is 5.93. The van der Waals surface area contributed by atoms with Crippen LogP contribution in [0.3, 0.4) is 0 Å². The summed E-state index contributed by atoms with van der Waals surface area (Å²) in [7, 11) is 0. The molecule has 2 aliphatic rings. The first-order valence-corrected chi connectivity index (χ1v) is 10.6. The molecule has 0 radical (unpaired) electrons. The number of carbonyl (C=O) groups excluding carboxylic acids is 2. The van der Waals surface area contributed by atoms with Crippen molar-refractivity contribution in [1.82, 2.24) is 19.8 Å². The zero-order valence-electron chi connectivity index (χ0n) is 17.6. The highest BCUT2D eigenvalue weighted by Crippen LogP contribution is 2.34. The summed E-state index contributed by atoms with van der Waals surface area (Å²) in [6, 6.07) is 10.2. The van der Waals surface area contributed by atoms with E-state index in [1.807, 2.05) is 30.0 Å². The first-order valence-electron chi connectivity index (χ1n) is 10.6. The van der Waals surface area contributed by atoms with Gasteiger partial charge < -0.3 is 14.5 Å². The van der Waals surface area contributed by atoms with Crippen LogP contribution in [0.1, 0.15) is 54.4 Å². The van der Waals surface area contributed by atoms with E-state index in [2.05, 4.69) is 29.0 Å². The Bertz CT molecular complexity index is 892. The molecule has 2 fully saturated rings. The zero-order chi connectivity index (χ0) is 21.1. The van der Waals surface area contributed by atoms with Gasteiger partial charge in [0.15, 0.2) is 0 Å². The third-order valence-electron chi connectivity index (χ3n) is 6.13. The largest absolute Gasteiger partial charge is 0.441 e. The van der Waals surface area contributed by atoms with Crippen LogP contribution in [0, 0.1) is 0 Å². The molecule has 1 aromatic carbocycles. The van der Waals surface area contributed by atoms with Crippen LogP contribution in [-0.4, -0.2) is 63.5 Å². The molecule has 30 heavy (non-hydrogen) atoms. The van der Waals surface area contributed by atoms with Crippen LogP contribution in [0.2, 0.25) is 0 Å². The standard InChI is InChI=1S/C23H28N4O3/c1-3-20-24-13-19(14-25-20)21(28)26-11-9-23(10-12-26)16-27(22(29)30-23)15-17(2)18-7-5-4-6-8-18/h4-8,13-14,17H,3,9-12,15-16H2,1-2H3. The van der Waals surface area contributed by atoms with Gasteiger partial charge in [0.25, 0.3) is 5.91 Å². The number of aromatic nitrogens is 2. The molecule has 2 amide bonds. The van der Waals surface area contributed by atoms with E-state index in [4.69, 9.17) is 4.74 Å². The van der Waals surface area contributed by atoms with E-state index < -0.39 is 5.60 Å². The third-order valence-corrected chi connectivity index (χ3v) is 6.13. The Morgan fingerprint density at radius 3 is 2.47 bits per heavy atom. The predicted molar refractivity (Wildman–Crippen MR) is 112 cm³/mol.